The molecule has 0 radical (unpaired) electrons. The van der Waals surface area contributed by atoms with Crippen LogP contribution in [0.15, 0.2) is 108 Å². The Labute approximate surface area is 196 Å². The van der Waals surface area contributed by atoms with Crippen LogP contribution in [0.25, 0.3) is 43.7 Å². The second-order valence-electron chi connectivity index (χ2n) is 8.48. The predicted octanol–water partition coefficient (Wildman–Crippen LogP) is 7.30. The third-order valence-electron chi connectivity index (χ3n) is 6.32. The molecule has 0 saturated carbocycles. The van der Waals surface area contributed by atoms with Crippen LogP contribution in [-0.4, -0.2) is 12.4 Å². The number of halogens is 1. The molecule has 0 atom stereocenters. The summed E-state index contributed by atoms with van der Waals surface area (Å²) in [6, 6.07) is 30.7. The first-order valence-electron chi connectivity index (χ1n) is 11.0. The molecule has 34 heavy (non-hydrogen) atoms. The number of nitrogens with zero attached hydrogens (tertiary/aromatic N) is 1. The van der Waals surface area contributed by atoms with Crippen molar-refractivity contribution >= 4 is 42.6 Å². The lowest BCUT2D eigenvalue weighted by atomic mass is 9.93. The summed E-state index contributed by atoms with van der Waals surface area (Å²) in [7, 11) is -3.95. The molecule has 6 rings (SSSR count). The van der Waals surface area contributed by atoms with Crippen LogP contribution in [-0.2, 0) is 10.0 Å². The summed E-state index contributed by atoms with van der Waals surface area (Å²) in [5.74, 6) is -0.411. The van der Waals surface area contributed by atoms with E-state index in [2.05, 4.69) is 0 Å². The van der Waals surface area contributed by atoms with E-state index in [1.54, 1.807) is 30.3 Å². The number of benzene rings is 5. The molecule has 6 aromatic rings. The normalized spacial score (nSPS) is 12.1. The summed E-state index contributed by atoms with van der Waals surface area (Å²) in [6.07, 6.45) is 0. The summed E-state index contributed by atoms with van der Waals surface area (Å²) >= 11 is 0. The molecular weight excluding hydrogens is 445 g/mol. The molecule has 1 aromatic heterocycles. The zero-order valence-corrected chi connectivity index (χ0v) is 19.2. The molecule has 0 aliphatic rings. The minimum absolute atomic E-state index is 0.190. The quantitative estimate of drug-likeness (QED) is 0.275. The molecule has 0 unspecified atom stereocenters. The lowest BCUT2D eigenvalue weighted by molar-refractivity contribution is 0.590. The highest BCUT2D eigenvalue weighted by molar-refractivity contribution is 7.90. The monoisotopic (exact) mass is 465 g/mol. The maximum atomic E-state index is 14.5. The Morgan fingerprint density at radius 2 is 1.41 bits per heavy atom. The van der Waals surface area contributed by atoms with E-state index in [1.807, 2.05) is 67.6 Å². The number of hydrogen-bond acceptors (Lipinski definition) is 2. The SMILES string of the molecule is Cc1ccc(S(=O)(=O)n2c3ccc(F)cc3c3c(-c4ccccc4)c4ccccc4cc32)cc1. The van der Waals surface area contributed by atoms with Crippen LogP contribution < -0.4 is 0 Å². The van der Waals surface area contributed by atoms with E-state index in [9.17, 15) is 12.8 Å². The number of aryl methyl sites for hydroxylation is 1. The van der Waals surface area contributed by atoms with Crippen molar-refractivity contribution in [2.75, 3.05) is 0 Å². The van der Waals surface area contributed by atoms with E-state index >= 15 is 0 Å². The second-order valence-corrected chi connectivity index (χ2v) is 10.3. The van der Waals surface area contributed by atoms with Crippen molar-refractivity contribution < 1.29 is 12.8 Å². The van der Waals surface area contributed by atoms with Gasteiger partial charge in [-0.15, -0.1) is 0 Å². The molecule has 1 heterocycles. The Bertz CT molecular complexity index is 1820. The van der Waals surface area contributed by atoms with Crippen molar-refractivity contribution in [3.05, 3.63) is 115 Å². The fraction of sp³-hybridized carbons (Fsp3) is 0.0345. The molecule has 0 saturated heterocycles. The van der Waals surface area contributed by atoms with Crippen LogP contribution in [0.3, 0.4) is 0 Å². The first-order valence-corrected chi connectivity index (χ1v) is 12.4. The molecule has 0 spiro atoms. The fourth-order valence-electron chi connectivity index (χ4n) is 4.76. The molecule has 5 aromatic carbocycles. The lowest BCUT2D eigenvalue weighted by Gasteiger charge is -2.13. The van der Waals surface area contributed by atoms with Gasteiger partial charge in [0.25, 0.3) is 10.0 Å². The summed E-state index contributed by atoms with van der Waals surface area (Å²) in [5, 5.41) is 3.18. The van der Waals surface area contributed by atoms with Gasteiger partial charge in [-0.05, 0) is 65.2 Å². The van der Waals surface area contributed by atoms with Gasteiger partial charge in [0.05, 0.1) is 15.9 Å². The van der Waals surface area contributed by atoms with E-state index in [0.717, 1.165) is 32.8 Å². The average molecular weight is 466 g/mol. The Kier molecular flexibility index (Phi) is 4.57. The zero-order valence-electron chi connectivity index (χ0n) is 18.4. The highest BCUT2D eigenvalue weighted by atomic mass is 32.2. The standard InChI is InChI=1S/C29H20FNO2S/c1-19-11-14-23(15-12-19)34(32,33)31-26-16-13-22(30)18-25(26)29-27(31)17-21-9-5-6-10-24(21)28(29)20-7-3-2-4-8-20/h2-18H,1H3. The smallest absolute Gasteiger partial charge is 0.233 e. The zero-order chi connectivity index (χ0) is 23.4. The van der Waals surface area contributed by atoms with Crippen LogP contribution >= 0.6 is 0 Å². The molecule has 0 amide bonds. The summed E-state index contributed by atoms with van der Waals surface area (Å²) < 4.78 is 43.8. The van der Waals surface area contributed by atoms with E-state index in [4.69, 9.17) is 0 Å². The topological polar surface area (TPSA) is 39.1 Å². The van der Waals surface area contributed by atoms with Gasteiger partial charge in [0.2, 0.25) is 0 Å². The first kappa shape index (κ1) is 20.6. The molecule has 0 fully saturated rings. The van der Waals surface area contributed by atoms with Gasteiger partial charge in [0, 0.05) is 10.8 Å². The fourth-order valence-corrected chi connectivity index (χ4v) is 6.27. The van der Waals surface area contributed by atoms with Crippen molar-refractivity contribution in [2.24, 2.45) is 0 Å². The Morgan fingerprint density at radius 3 is 2.18 bits per heavy atom. The van der Waals surface area contributed by atoms with Crippen LogP contribution in [0.1, 0.15) is 5.56 Å². The van der Waals surface area contributed by atoms with E-state index in [0.29, 0.717) is 16.4 Å². The van der Waals surface area contributed by atoms with Gasteiger partial charge in [-0.3, -0.25) is 0 Å². The summed E-state index contributed by atoms with van der Waals surface area (Å²) in [5.41, 5.74) is 3.78. The molecule has 0 bridgehead atoms. The van der Waals surface area contributed by atoms with Crippen molar-refractivity contribution in [1.82, 2.24) is 3.97 Å². The van der Waals surface area contributed by atoms with Crippen molar-refractivity contribution in [1.29, 1.82) is 0 Å². The number of fused-ring (bicyclic) bond motifs is 4. The molecule has 0 aliphatic carbocycles. The predicted molar refractivity (Wildman–Crippen MR) is 136 cm³/mol. The Morgan fingerprint density at radius 1 is 0.706 bits per heavy atom. The van der Waals surface area contributed by atoms with Crippen LogP contribution in [0.4, 0.5) is 4.39 Å². The van der Waals surface area contributed by atoms with Gasteiger partial charge in [-0.1, -0.05) is 72.3 Å². The third-order valence-corrected chi connectivity index (χ3v) is 8.06. The summed E-state index contributed by atoms with van der Waals surface area (Å²) in [6.45, 7) is 1.91. The number of rotatable bonds is 3. The van der Waals surface area contributed by atoms with Crippen molar-refractivity contribution in [3.8, 4) is 11.1 Å². The van der Waals surface area contributed by atoms with Crippen LogP contribution in [0.5, 0.6) is 0 Å². The van der Waals surface area contributed by atoms with Gasteiger partial charge in [0.1, 0.15) is 5.82 Å². The number of hydrogen-bond donors (Lipinski definition) is 0. The molecular formula is C29H20FNO2S. The van der Waals surface area contributed by atoms with E-state index in [-0.39, 0.29) is 4.90 Å². The maximum absolute atomic E-state index is 14.5. The Hall–Kier alpha value is -3.96. The second kappa shape index (κ2) is 7.54. The summed E-state index contributed by atoms with van der Waals surface area (Å²) in [4.78, 5) is 0.190. The van der Waals surface area contributed by atoms with Gasteiger partial charge in [0.15, 0.2) is 0 Å². The van der Waals surface area contributed by atoms with Crippen molar-refractivity contribution in [3.63, 3.8) is 0 Å². The van der Waals surface area contributed by atoms with E-state index in [1.165, 1.54) is 16.1 Å². The van der Waals surface area contributed by atoms with Gasteiger partial charge in [-0.25, -0.2) is 16.8 Å². The van der Waals surface area contributed by atoms with E-state index < -0.39 is 15.8 Å². The maximum Gasteiger partial charge on any atom is 0.268 e. The first-order chi connectivity index (χ1) is 16.4. The Balaban J connectivity index is 1.86. The molecule has 5 heteroatoms. The largest absolute Gasteiger partial charge is 0.268 e. The lowest BCUT2D eigenvalue weighted by Crippen LogP contribution is -2.12. The van der Waals surface area contributed by atoms with Crippen molar-refractivity contribution in [2.45, 2.75) is 11.8 Å². The minimum atomic E-state index is -3.95. The molecule has 3 nitrogen and oxygen atoms in total. The molecule has 0 aliphatic heterocycles. The third kappa shape index (κ3) is 3.05. The molecule has 166 valence electrons. The van der Waals surface area contributed by atoms with Gasteiger partial charge in [-0.2, -0.15) is 0 Å². The van der Waals surface area contributed by atoms with Crippen LogP contribution in [0, 0.1) is 12.7 Å². The molecule has 0 N–H and O–H groups in total. The van der Waals surface area contributed by atoms with Gasteiger partial charge < -0.3 is 0 Å². The van der Waals surface area contributed by atoms with Gasteiger partial charge >= 0.3 is 0 Å². The minimum Gasteiger partial charge on any atom is -0.233 e. The highest BCUT2D eigenvalue weighted by Gasteiger charge is 2.26. The van der Waals surface area contributed by atoms with Crippen LogP contribution in [0.2, 0.25) is 0 Å². The number of aromatic nitrogens is 1. The average Bonchev–Trinajstić information content (AvgIpc) is 3.17. The highest BCUT2D eigenvalue weighted by Crippen LogP contribution is 2.43.